The van der Waals surface area contributed by atoms with E-state index in [1.54, 1.807) is 0 Å². The van der Waals surface area contributed by atoms with E-state index in [-0.39, 0.29) is 23.7 Å². The molecule has 0 saturated heterocycles. The topological polar surface area (TPSA) is 9.23 Å². The van der Waals surface area contributed by atoms with Crippen LogP contribution in [0.5, 0.6) is 5.75 Å². The second-order valence-corrected chi connectivity index (χ2v) is 6.34. The van der Waals surface area contributed by atoms with Gasteiger partial charge in [-0.2, -0.15) is 0 Å². The van der Waals surface area contributed by atoms with Gasteiger partial charge in [0.25, 0.3) is 0 Å². The molecular weight excluding hydrogens is 289 g/mol. The quantitative estimate of drug-likeness (QED) is 0.695. The largest absolute Gasteiger partial charge is 0.493 e. The first-order chi connectivity index (χ1) is 10.3. The van der Waals surface area contributed by atoms with E-state index >= 15 is 0 Å². The predicted molar refractivity (Wildman–Crippen MR) is 80.4 cm³/mol. The van der Waals surface area contributed by atoms with Crippen LogP contribution in [0, 0.1) is 22.9 Å². The molecule has 0 aliphatic rings. The second-order valence-electron chi connectivity index (χ2n) is 6.34. The van der Waals surface area contributed by atoms with E-state index in [0.717, 1.165) is 17.7 Å². The highest BCUT2D eigenvalue weighted by atomic mass is 19.2. The molecule has 0 N–H and O–H groups in total. The van der Waals surface area contributed by atoms with Gasteiger partial charge in [-0.25, -0.2) is 13.2 Å². The molecular formula is C18H19F3O. The Balaban J connectivity index is 2.19. The van der Waals surface area contributed by atoms with Crippen LogP contribution in [0.15, 0.2) is 42.5 Å². The van der Waals surface area contributed by atoms with Crippen molar-refractivity contribution in [1.29, 1.82) is 0 Å². The van der Waals surface area contributed by atoms with Gasteiger partial charge in [0.15, 0.2) is 17.5 Å². The van der Waals surface area contributed by atoms with Crippen LogP contribution < -0.4 is 4.74 Å². The minimum absolute atomic E-state index is 0.0124. The molecule has 0 fully saturated rings. The summed E-state index contributed by atoms with van der Waals surface area (Å²) in [5.41, 5.74) is 0.983. The first kappa shape index (κ1) is 16.4. The normalized spacial score (nSPS) is 13.0. The fourth-order valence-electron chi connectivity index (χ4n) is 2.33. The summed E-state index contributed by atoms with van der Waals surface area (Å²) in [4.78, 5) is 0. The lowest BCUT2D eigenvalue weighted by atomic mass is 9.77. The van der Waals surface area contributed by atoms with Crippen LogP contribution >= 0.6 is 0 Å². The first-order valence-electron chi connectivity index (χ1n) is 7.11. The SMILES string of the molecule is CC(C)(C)C(COc1cc(F)c(F)c(F)c1)c1ccccc1. The van der Waals surface area contributed by atoms with E-state index in [1.165, 1.54) is 0 Å². The lowest BCUT2D eigenvalue weighted by molar-refractivity contribution is 0.202. The van der Waals surface area contributed by atoms with Gasteiger partial charge < -0.3 is 4.74 Å². The molecule has 4 heteroatoms. The number of hydrogen-bond acceptors (Lipinski definition) is 1. The second kappa shape index (κ2) is 6.42. The molecule has 1 nitrogen and oxygen atoms in total. The summed E-state index contributed by atoms with van der Waals surface area (Å²) < 4.78 is 44.9. The fraction of sp³-hybridized carbons (Fsp3) is 0.333. The van der Waals surface area contributed by atoms with E-state index < -0.39 is 17.5 Å². The molecule has 2 rings (SSSR count). The highest BCUT2D eigenvalue weighted by Gasteiger charge is 2.27. The van der Waals surface area contributed by atoms with Gasteiger partial charge in [0, 0.05) is 18.1 Å². The van der Waals surface area contributed by atoms with Crippen molar-refractivity contribution in [3.8, 4) is 5.75 Å². The number of ether oxygens (including phenoxy) is 1. The molecule has 1 atom stereocenters. The van der Waals surface area contributed by atoms with Crippen molar-refractivity contribution in [2.24, 2.45) is 5.41 Å². The van der Waals surface area contributed by atoms with Crippen LogP contribution in [0.3, 0.4) is 0 Å². The molecule has 0 saturated carbocycles. The highest BCUT2D eigenvalue weighted by Crippen LogP contribution is 2.35. The van der Waals surface area contributed by atoms with Gasteiger partial charge in [-0.15, -0.1) is 0 Å². The Bertz CT molecular complexity index is 610. The van der Waals surface area contributed by atoms with Gasteiger partial charge in [-0.05, 0) is 11.0 Å². The van der Waals surface area contributed by atoms with Gasteiger partial charge in [-0.3, -0.25) is 0 Å². The Morgan fingerprint density at radius 2 is 1.50 bits per heavy atom. The van der Waals surface area contributed by atoms with Crippen molar-refractivity contribution < 1.29 is 17.9 Å². The molecule has 0 heterocycles. The average molecular weight is 308 g/mol. The molecule has 2 aromatic rings. The zero-order valence-corrected chi connectivity index (χ0v) is 12.9. The van der Waals surface area contributed by atoms with Crippen molar-refractivity contribution in [3.05, 3.63) is 65.5 Å². The van der Waals surface area contributed by atoms with Crippen molar-refractivity contribution in [2.45, 2.75) is 26.7 Å². The Hall–Kier alpha value is -1.97. The minimum Gasteiger partial charge on any atom is -0.493 e. The molecule has 22 heavy (non-hydrogen) atoms. The van der Waals surface area contributed by atoms with Crippen LogP contribution in [-0.2, 0) is 0 Å². The lowest BCUT2D eigenvalue weighted by Crippen LogP contribution is -2.24. The highest BCUT2D eigenvalue weighted by molar-refractivity contribution is 5.26. The number of hydrogen-bond donors (Lipinski definition) is 0. The zero-order chi connectivity index (χ0) is 16.3. The van der Waals surface area contributed by atoms with E-state index in [4.69, 9.17) is 4.74 Å². The summed E-state index contributed by atoms with van der Waals surface area (Å²) >= 11 is 0. The van der Waals surface area contributed by atoms with E-state index in [0.29, 0.717) is 0 Å². The number of halogens is 3. The number of benzene rings is 2. The first-order valence-corrected chi connectivity index (χ1v) is 7.11. The fourth-order valence-corrected chi connectivity index (χ4v) is 2.33. The lowest BCUT2D eigenvalue weighted by Gasteiger charge is -2.31. The van der Waals surface area contributed by atoms with Crippen molar-refractivity contribution >= 4 is 0 Å². The minimum atomic E-state index is -1.48. The third-order valence-corrected chi connectivity index (χ3v) is 3.62. The molecule has 0 amide bonds. The Labute approximate surface area is 128 Å². The smallest absolute Gasteiger partial charge is 0.194 e. The van der Waals surface area contributed by atoms with Gasteiger partial charge in [0.2, 0.25) is 0 Å². The molecule has 1 unspecified atom stereocenters. The third-order valence-electron chi connectivity index (χ3n) is 3.62. The van der Waals surface area contributed by atoms with Gasteiger partial charge in [0.1, 0.15) is 5.75 Å². The Morgan fingerprint density at radius 3 is 2.00 bits per heavy atom. The summed E-state index contributed by atoms with van der Waals surface area (Å²) in [6.07, 6.45) is 0. The van der Waals surface area contributed by atoms with Crippen molar-refractivity contribution in [3.63, 3.8) is 0 Å². The van der Waals surface area contributed by atoms with Crippen LogP contribution in [0.2, 0.25) is 0 Å². The van der Waals surface area contributed by atoms with Gasteiger partial charge in [-0.1, -0.05) is 51.1 Å². The molecule has 0 bridgehead atoms. The molecule has 0 aliphatic carbocycles. The van der Waals surface area contributed by atoms with Gasteiger partial charge >= 0.3 is 0 Å². The summed E-state index contributed by atoms with van der Waals surface area (Å²) in [7, 11) is 0. The molecule has 0 aromatic heterocycles. The van der Waals surface area contributed by atoms with Crippen LogP contribution in [-0.4, -0.2) is 6.61 Å². The summed E-state index contributed by atoms with van der Waals surface area (Å²) in [6.45, 7) is 6.46. The summed E-state index contributed by atoms with van der Waals surface area (Å²) in [6, 6.07) is 11.5. The zero-order valence-electron chi connectivity index (χ0n) is 12.9. The predicted octanol–water partition coefficient (Wildman–Crippen LogP) is 5.31. The van der Waals surface area contributed by atoms with E-state index in [2.05, 4.69) is 20.8 Å². The number of rotatable bonds is 4. The summed E-state index contributed by atoms with van der Waals surface area (Å²) in [5.74, 6) is -3.96. The standard InChI is InChI=1S/C18H19F3O/c1-18(2,3)14(12-7-5-4-6-8-12)11-22-13-9-15(19)17(21)16(20)10-13/h4-10,14H,11H2,1-3H3. The maximum absolute atomic E-state index is 13.2. The maximum atomic E-state index is 13.2. The van der Waals surface area contributed by atoms with Crippen LogP contribution in [0.1, 0.15) is 32.3 Å². The van der Waals surface area contributed by atoms with E-state index in [9.17, 15) is 13.2 Å². The molecule has 2 aromatic carbocycles. The molecule has 118 valence electrons. The monoisotopic (exact) mass is 308 g/mol. The third kappa shape index (κ3) is 3.81. The average Bonchev–Trinajstić information content (AvgIpc) is 2.44. The Kier molecular flexibility index (Phi) is 4.79. The molecule has 0 spiro atoms. The molecule has 0 radical (unpaired) electrons. The van der Waals surface area contributed by atoms with Crippen molar-refractivity contribution in [1.82, 2.24) is 0 Å². The van der Waals surface area contributed by atoms with Gasteiger partial charge in [0.05, 0.1) is 6.61 Å². The molecule has 0 aliphatic heterocycles. The van der Waals surface area contributed by atoms with Crippen LogP contribution in [0.25, 0.3) is 0 Å². The van der Waals surface area contributed by atoms with E-state index in [1.807, 2.05) is 30.3 Å². The maximum Gasteiger partial charge on any atom is 0.194 e. The summed E-state index contributed by atoms with van der Waals surface area (Å²) in [5, 5.41) is 0. The van der Waals surface area contributed by atoms with Crippen molar-refractivity contribution in [2.75, 3.05) is 6.61 Å². The Morgan fingerprint density at radius 1 is 0.955 bits per heavy atom. The van der Waals surface area contributed by atoms with Crippen LogP contribution in [0.4, 0.5) is 13.2 Å².